The van der Waals surface area contributed by atoms with Gasteiger partial charge in [0.1, 0.15) is 0 Å². The first-order valence-corrected chi connectivity index (χ1v) is 5.57. The normalized spacial score (nSPS) is 28.9. The fraction of sp³-hybridized carbons (Fsp3) is 0.750. The van der Waals surface area contributed by atoms with Crippen molar-refractivity contribution in [2.75, 3.05) is 0 Å². The second-order valence-corrected chi connectivity index (χ2v) is 4.38. The van der Waals surface area contributed by atoms with Gasteiger partial charge in [0.2, 0.25) is 0 Å². The van der Waals surface area contributed by atoms with Crippen molar-refractivity contribution in [3.8, 4) is 0 Å². The molecule has 0 amide bonds. The Morgan fingerprint density at radius 2 is 2.21 bits per heavy atom. The Labute approximate surface area is 86.0 Å². The van der Waals surface area contributed by atoms with Crippen molar-refractivity contribution >= 4 is 5.97 Å². The second-order valence-electron chi connectivity index (χ2n) is 4.38. The maximum Gasteiger partial charge on any atom is 0.331 e. The molecule has 14 heavy (non-hydrogen) atoms. The van der Waals surface area contributed by atoms with Crippen LogP contribution in [0, 0.1) is 11.8 Å². The number of rotatable bonds is 3. The van der Waals surface area contributed by atoms with E-state index in [1.165, 1.54) is 19.3 Å². The molecule has 0 spiro atoms. The van der Waals surface area contributed by atoms with Gasteiger partial charge in [-0.2, -0.15) is 0 Å². The van der Waals surface area contributed by atoms with E-state index in [2.05, 4.69) is 6.92 Å². The van der Waals surface area contributed by atoms with Gasteiger partial charge in [0.15, 0.2) is 0 Å². The molecule has 0 bridgehead atoms. The third-order valence-corrected chi connectivity index (χ3v) is 3.07. The first-order valence-electron chi connectivity index (χ1n) is 5.57. The fourth-order valence-electron chi connectivity index (χ4n) is 2.26. The molecule has 0 heterocycles. The maximum absolute atomic E-state index is 10.8. The molecular weight excluding hydrogens is 176 g/mol. The second kappa shape index (κ2) is 5.18. The van der Waals surface area contributed by atoms with E-state index >= 15 is 0 Å². The van der Waals surface area contributed by atoms with Crippen LogP contribution in [0.1, 0.15) is 46.0 Å². The average molecular weight is 196 g/mol. The van der Waals surface area contributed by atoms with Crippen LogP contribution < -0.4 is 0 Å². The predicted octanol–water partition coefficient (Wildman–Crippen LogP) is 3.23. The molecule has 1 aliphatic carbocycles. The third kappa shape index (κ3) is 3.17. The van der Waals surface area contributed by atoms with Crippen LogP contribution in [0.4, 0.5) is 0 Å². The van der Waals surface area contributed by atoms with Crippen molar-refractivity contribution in [1.82, 2.24) is 0 Å². The van der Waals surface area contributed by atoms with E-state index in [-0.39, 0.29) is 0 Å². The molecule has 2 nitrogen and oxygen atoms in total. The molecule has 1 rings (SSSR count). The van der Waals surface area contributed by atoms with Gasteiger partial charge in [0, 0.05) is 5.57 Å². The lowest BCUT2D eigenvalue weighted by Crippen LogP contribution is -2.13. The highest BCUT2D eigenvalue weighted by molar-refractivity contribution is 5.86. The molecule has 0 aromatic heterocycles. The molecule has 0 saturated heterocycles. The van der Waals surface area contributed by atoms with Gasteiger partial charge in [-0.1, -0.05) is 32.8 Å². The highest BCUT2D eigenvalue weighted by atomic mass is 16.4. The number of hydrogen-bond acceptors (Lipinski definition) is 1. The van der Waals surface area contributed by atoms with E-state index < -0.39 is 5.97 Å². The number of carbonyl (C=O) groups is 1. The van der Waals surface area contributed by atoms with Crippen LogP contribution in [0.2, 0.25) is 0 Å². The van der Waals surface area contributed by atoms with E-state index in [4.69, 9.17) is 5.11 Å². The number of carboxylic acids is 1. The minimum atomic E-state index is -0.745. The zero-order chi connectivity index (χ0) is 10.6. The fourth-order valence-corrected chi connectivity index (χ4v) is 2.26. The Morgan fingerprint density at radius 3 is 2.71 bits per heavy atom. The largest absolute Gasteiger partial charge is 0.478 e. The zero-order valence-corrected chi connectivity index (χ0v) is 9.12. The number of aliphatic carboxylic acids is 1. The standard InChI is InChI=1S/C12H20O2/c1-3-11(12(13)14)8-10-6-4-5-9(2)7-10/h8-10H,3-7H2,1-2H3,(H,13,14)/b11-8+. The Hall–Kier alpha value is -0.790. The summed E-state index contributed by atoms with van der Waals surface area (Å²) < 4.78 is 0. The zero-order valence-electron chi connectivity index (χ0n) is 9.12. The molecule has 1 fully saturated rings. The molecule has 1 saturated carbocycles. The van der Waals surface area contributed by atoms with Crippen molar-refractivity contribution in [2.24, 2.45) is 11.8 Å². The lowest BCUT2D eigenvalue weighted by atomic mass is 9.81. The van der Waals surface area contributed by atoms with Gasteiger partial charge in [0.05, 0.1) is 0 Å². The Balaban J connectivity index is 2.59. The molecule has 2 heteroatoms. The van der Waals surface area contributed by atoms with Crippen molar-refractivity contribution in [3.63, 3.8) is 0 Å². The summed E-state index contributed by atoms with van der Waals surface area (Å²) in [6.07, 6.45) is 7.51. The SMILES string of the molecule is CC/C(=C\C1CCCC(C)C1)C(=O)O. The monoisotopic (exact) mass is 196 g/mol. The maximum atomic E-state index is 10.8. The summed E-state index contributed by atoms with van der Waals surface area (Å²) in [5.41, 5.74) is 0.587. The molecule has 2 atom stereocenters. The molecule has 0 aliphatic heterocycles. The first kappa shape index (κ1) is 11.3. The molecule has 0 aromatic rings. The van der Waals surface area contributed by atoms with E-state index in [0.29, 0.717) is 17.9 Å². The summed E-state index contributed by atoms with van der Waals surface area (Å²) in [4.78, 5) is 10.8. The summed E-state index contributed by atoms with van der Waals surface area (Å²) in [5, 5.41) is 8.90. The lowest BCUT2D eigenvalue weighted by Gasteiger charge is -2.24. The van der Waals surface area contributed by atoms with Gasteiger partial charge in [-0.05, 0) is 31.1 Å². The van der Waals surface area contributed by atoms with Crippen LogP contribution in [0.3, 0.4) is 0 Å². The van der Waals surface area contributed by atoms with Gasteiger partial charge in [-0.3, -0.25) is 0 Å². The van der Waals surface area contributed by atoms with Gasteiger partial charge in [-0.25, -0.2) is 4.79 Å². The Morgan fingerprint density at radius 1 is 1.50 bits per heavy atom. The smallest absolute Gasteiger partial charge is 0.331 e. The number of hydrogen-bond donors (Lipinski definition) is 1. The van der Waals surface area contributed by atoms with Crippen LogP contribution in [0.15, 0.2) is 11.6 Å². The van der Waals surface area contributed by atoms with Crippen LogP contribution in [-0.4, -0.2) is 11.1 Å². The molecule has 80 valence electrons. The predicted molar refractivity (Wildman–Crippen MR) is 57.1 cm³/mol. The highest BCUT2D eigenvalue weighted by Crippen LogP contribution is 2.30. The average Bonchev–Trinajstić information content (AvgIpc) is 2.14. The summed E-state index contributed by atoms with van der Waals surface area (Å²) in [5.74, 6) is 0.521. The number of carboxylic acid groups (broad SMARTS) is 1. The minimum Gasteiger partial charge on any atom is -0.478 e. The Bertz CT molecular complexity index is 230. The van der Waals surface area contributed by atoms with Crippen molar-refractivity contribution in [3.05, 3.63) is 11.6 Å². The van der Waals surface area contributed by atoms with Crippen molar-refractivity contribution in [2.45, 2.75) is 46.0 Å². The van der Waals surface area contributed by atoms with Crippen molar-refractivity contribution < 1.29 is 9.90 Å². The molecule has 1 aliphatic rings. The molecule has 1 N–H and O–H groups in total. The van der Waals surface area contributed by atoms with E-state index in [1.54, 1.807) is 0 Å². The molecule has 2 unspecified atom stereocenters. The summed E-state index contributed by atoms with van der Waals surface area (Å²) >= 11 is 0. The molecule has 0 radical (unpaired) electrons. The van der Waals surface area contributed by atoms with Gasteiger partial charge < -0.3 is 5.11 Å². The highest BCUT2D eigenvalue weighted by Gasteiger charge is 2.18. The first-order chi connectivity index (χ1) is 6.63. The number of allylic oxidation sites excluding steroid dienone is 1. The van der Waals surface area contributed by atoms with Crippen LogP contribution in [-0.2, 0) is 4.79 Å². The third-order valence-electron chi connectivity index (χ3n) is 3.07. The van der Waals surface area contributed by atoms with Crippen LogP contribution in [0.5, 0.6) is 0 Å². The van der Waals surface area contributed by atoms with Gasteiger partial charge in [-0.15, -0.1) is 0 Å². The van der Waals surface area contributed by atoms with E-state index in [0.717, 1.165) is 12.3 Å². The lowest BCUT2D eigenvalue weighted by molar-refractivity contribution is -0.132. The van der Waals surface area contributed by atoms with Gasteiger partial charge >= 0.3 is 5.97 Å². The summed E-state index contributed by atoms with van der Waals surface area (Å²) in [7, 11) is 0. The minimum absolute atomic E-state index is 0.504. The van der Waals surface area contributed by atoms with Crippen LogP contribution >= 0.6 is 0 Å². The van der Waals surface area contributed by atoms with E-state index in [1.807, 2.05) is 13.0 Å². The molecular formula is C12H20O2. The molecule has 0 aromatic carbocycles. The van der Waals surface area contributed by atoms with Gasteiger partial charge in [0.25, 0.3) is 0 Å². The Kier molecular flexibility index (Phi) is 4.18. The van der Waals surface area contributed by atoms with Crippen molar-refractivity contribution in [1.29, 1.82) is 0 Å². The quantitative estimate of drug-likeness (QED) is 0.703. The topological polar surface area (TPSA) is 37.3 Å². The summed E-state index contributed by atoms with van der Waals surface area (Å²) in [6, 6.07) is 0. The van der Waals surface area contributed by atoms with E-state index in [9.17, 15) is 4.79 Å². The van der Waals surface area contributed by atoms with Crippen LogP contribution in [0.25, 0.3) is 0 Å². The summed E-state index contributed by atoms with van der Waals surface area (Å²) in [6.45, 7) is 4.17.